The Morgan fingerprint density at radius 2 is 1.72 bits per heavy atom. The lowest BCUT2D eigenvalue weighted by Gasteiger charge is -2.36. The van der Waals surface area contributed by atoms with Gasteiger partial charge in [0.1, 0.15) is 0 Å². The highest BCUT2D eigenvalue weighted by atomic mass is 16.5. The summed E-state index contributed by atoms with van der Waals surface area (Å²) < 4.78 is 18.2. The lowest BCUT2D eigenvalue weighted by Crippen LogP contribution is -2.36. The SMILES string of the molecule is COc1cc(C(=O)N[C@@H]2CC(C)(C)Cc3c2cnn3-c2ccccc2)cc(OC)c1OC. The molecule has 0 fully saturated rings. The number of fused-ring (bicyclic) bond motifs is 1. The average molecular weight is 436 g/mol. The van der Waals surface area contributed by atoms with Crippen molar-refractivity contribution >= 4 is 5.91 Å². The van der Waals surface area contributed by atoms with E-state index < -0.39 is 0 Å². The summed E-state index contributed by atoms with van der Waals surface area (Å²) in [6.45, 7) is 4.44. The van der Waals surface area contributed by atoms with Gasteiger partial charge in [-0.2, -0.15) is 5.10 Å². The Hall–Kier alpha value is -3.48. The van der Waals surface area contributed by atoms with E-state index in [-0.39, 0.29) is 17.4 Å². The fourth-order valence-electron chi connectivity index (χ4n) is 4.42. The fraction of sp³-hybridized carbons (Fsp3) is 0.360. The summed E-state index contributed by atoms with van der Waals surface area (Å²) in [6.07, 6.45) is 3.57. The molecule has 1 aliphatic carbocycles. The topological polar surface area (TPSA) is 74.6 Å². The van der Waals surface area contributed by atoms with E-state index in [1.165, 1.54) is 21.3 Å². The molecule has 1 heterocycles. The summed E-state index contributed by atoms with van der Waals surface area (Å²) >= 11 is 0. The molecule has 32 heavy (non-hydrogen) atoms. The molecule has 1 N–H and O–H groups in total. The second kappa shape index (κ2) is 8.57. The number of carbonyl (C=O) groups excluding carboxylic acids is 1. The van der Waals surface area contributed by atoms with Crippen LogP contribution in [0.15, 0.2) is 48.7 Å². The fourth-order valence-corrected chi connectivity index (χ4v) is 4.42. The van der Waals surface area contributed by atoms with E-state index >= 15 is 0 Å². The predicted octanol–water partition coefficient (Wildman–Crippen LogP) is 4.34. The number of ether oxygens (including phenoxy) is 3. The lowest BCUT2D eigenvalue weighted by molar-refractivity contribution is 0.0918. The van der Waals surface area contributed by atoms with Crippen LogP contribution < -0.4 is 19.5 Å². The number of rotatable bonds is 6. The predicted molar refractivity (Wildman–Crippen MR) is 122 cm³/mol. The first-order valence-electron chi connectivity index (χ1n) is 10.6. The van der Waals surface area contributed by atoms with Gasteiger partial charge in [-0.3, -0.25) is 4.79 Å². The van der Waals surface area contributed by atoms with Crippen LogP contribution in [0.4, 0.5) is 0 Å². The molecule has 1 atom stereocenters. The number of benzene rings is 2. The number of nitrogens with one attached hydrogen (secondary N) is 1. The number of methoxy groups -OCH3 is 3. The molecule has 3 aromatic rings. The van der Waals surface area contributed by atoms with Crippen molar-refractivity contribution in [2.24, 2.45) is 5.41 Å². The molecular formula is C25H29N3O4. The van der Waals surface area contributed by atoms with Crippen LogP contribution in [0.2, 0.25) is 0 Å². The van der Waals surface area contributed by atoms with Crippen molar-refractivity contribution in [2.45, 2.75) is 32.7 Å². The Morgan fingerprint density at radius 3 is 2.31 bits per heavy atom. The van der Waals surface area contributed by atoms with E-state index in [4.69, 9.17) is 14.2 Å². The van der Waals surface area contributed by atoms with Crippen molar-refractivity contribution in [3.8, 4) is 22.9 Å². The first kappa shape index (κ1) is 21.7. The maximum Gasteiger partial charge on any atom is 0.252 e. The molecule has 4 rings (SSSR count). The van der Waals surface area contributed by atoms with Gasteiger partial charge in [-0.25, -0.2) is 4.68 Å². The van der Waals surface area contributed by atoms with E-state index in [0.29, 0.717) is 22.8 Å². The van der Waals surface area contributed by atoms with Crippen LogP contribution in [0, 0.1) is 5.41 Å². The smallest absolute Gasteiger partial charge is 0.252 e. The molecule has 7 heteroatoms. The van der Waals surface area contributed by atoms with Crippen molar-refractivity contribution < 1.29 is 19.0 Å². The summed E-state index contributed by atoms with van der Waals surface area (Å²) in [4.78, 5) is 13.3. The van der Waals surface area contributed by atoms with Crippen LogP contribution in [0.5, 0.6) is 17.2 Å². The standard InChI is InChI=1S/C25H29N3O4/c1-25(2)13-19(18-15-26-28(20(18)14-25)17-9-7-6-8-10-17)27-24(29)16-11-21(30-3)23(32-5)22(12-16)31-4/h6-12,15,19H,13-14H2,1-5H3,(H,27,29)/t19-/m1/s1. The van der Waals surface area contributed by atoms with Crippen molar-refractivity contribution in [2.75, 3.05) is 21.3 Å². The van der Waals surface area contributed by atoms with Gasteiger partial charge in [0.05, 0.1) is 44.9 Å². The van der Waals surface area contributed by atoms with Crippen LogP contribution in [0.1, 0.15) is 47.9 Å². The van der Waals surface area contributed by atoms with Crippen LogP contribution in [0.3, 0.4) is 0 Å². The highest BCUT2D eigenvalue weighted by molar-refractivity contribution is 5.96. The van der Waals surface area contributed by atoms with Crippen molar-refractivity contribution in [1.29, 1.82) is 0 Å². The molecule has 1 aromatic heterocycles. The minimum atomic E-state index is -0.203. The zero-order valence-electron chi connectivity index (χ0n) is 19.1. The molecule has 1 amide bonds. The molecule has 0 spiro atoms. The second-order valence-electron chi connectivity index (χ2n) is 8.78. The van der Waals surface area contributed by atoms with Gasteiger partial charge in [-0.15, -0.1) is 0 Å². The van der Waals surface area contributed by atoms with Crippen molar-refractivity contribution in [1.82, 2.24) is 15.1 Å². The first-order valence-corrected chi connectivity index (χ1v) is 10.6. The summed E-state index contributed by atoms with van der Waals surface area (Å²) in [5.74, 6) is 1.14. The maximum atomic E-state index is 13.3. The molecule has 0 unspecified atom stereocenters. The van der Waals surface area contributed by atoms with Crippen LogP contribution in [-0.2, 0) is 6.42 Å². The highest BCUT2D eigenvalue weighted by Gasteiger charge is 2.36. The third-order valence-corrected chi connectivity index (χ3v) is 5.91. The molecule has 0 saturated carbocycles. The Bertz CT molecular complexity index is 1100. The lowest BCUT2D eigenvalue weighted by atomic mass is 9.74. The zero-order chi connectivity index (χ0) is 22.9. The molecule has 0 saturated heterocycles. The Labute approximate surface area is 188 Å². The van der Waals surface area contributed by atoms with Crippen molar-refractivity contribution in [3.05, 3.63) is 65.5 Å². The number of para-hydroxylation sites is 1. The monoisotopic (exact) mass is 435 g/mol. The van der Waals surface area contributed by atoms with Gasteiger partial charge in [0.2, 0.25) is 5.75 Å². The van der Waals surface area contributed by atoms with Gasteiger partial charge in [-0.05, 0) is 42.5 Å². The highest BCUT2D eigenvalue weighted by Crippen LogP contribution is 2.42. The minimum absolute atomic E-state index is 0.00674. The van der Waals surface area contributed by atoms with Crippen LogP contribution in [0.25, 0.3) is 5.69 Å². The number of hydrogen-bond acceptors (Lipinski definition) is 5. The largest absolute Gasteiger partial charge is 0.493 e. The van der Waals surface area contributed by atoms with Crippen LogP contribution >= 0.6 is 0 Å². The average Bonchev–Trinajstić information content (AvgIpc) is 3.21. The molecule has 1 aliphatic rings. The third kappa shape index (κ3) is 4.02. The summed E-state index contributed by atoms with van der Waals surface area (Å²) in [5.41, 5.74) is 3.64. The molecule has 2 aromatic carbocycles. The maximum absolute atomic E-state index is 13.3. The van der Waals surface area contributed by atoms with E-state index in [1.807, 2.05) is 41.2 Å². The normalized spacial score (nSPS) is 16.7. The molecule has 0 aliphatic heterocycles. The number of amides is 1. The summed E-state index contributed by atoms with van der Waals surface area (Å²) in [5, 5.41) is 7.86. The number of hydrogen-bond donors (Lipinski definition) is 1. The second-order valence-corrected chi connectivity index (χ2v) is 8.78. The van der Waals surface area contributed by atoms with Crippen molar-refractivity contribution in [3.63, 3.8) is 0 Å². The van der Waals surface area contributed by atoms with E-state index in [0.717, 1.165) is 29.8 Å². The Balaban J connectivity index is 1.67. The van der Waals surface area contributed by atoms with E-state index in [2.05, 4.69) is 24.3 Å². The molecule has 168 valence electrons. The molecule has 0 bridgehead atoms. The van der Waals surface area contributed by atoms with Gasteiger partial charge in [-0.1, -0.05) is 32.0 Å². The Kier molecular flexibility index (Phi) is 5.82. The van der Waals surface area contributed by atoms with E-state index in [9.17, 15) is 4.79 Å². The first-order chi connectivity index (χ1) is 15.4. The van der Waals surface area contributed by atoms with E-state index in [1.54, 1.807) is 12.1 Å². The third-order valence-electron chi connectivity index (χ3n) is 5.91. The molecule has 0 radical (unpaired) electrons. The Morgan fingerprint density at radius 1 is 1.06 bits per heavy atom. The van der Waals surface area contributed by atoms with Gasteiger partial charge >= 0.3 is 0 Å². The van der Waals surface area contributed by atoms with Gasteiger partial charge in [0.15, 0.2) is 11.5 Å². The minimum Gasteiger partial charge on any atom is -0.493 e. The molecule has 7 nitrogen and oxygen atoms in total. The number of aromatic nitrogens is 2. The van der Waals surface area contributed by atoms with Gasteiger partial charge < -0.3 is 19.5 Å². The zero-order valence-corrected chi connectivity index (χ0v) is 19.1. The number of nitrogens with zero attached hydrogens (tertiary/aromatic N) is 2. The van der Waals surface area contributed by atoms with Crippen LogP contribution in [-0.4, -0.2) is 37.0 Å². The molecular weight excluding hydrogens is 406 g/mol. The summed E-state index contributed by atoms with van der Waals surface area (Å²) in [7, 11) is 4.61. The quantitative estimate of drug-likeness (QED) is 0.623. The van der Waals surface area contributed by atoms with Gasteiger partial charge in [0.25, 0.3) is 5.91 Å². The van der Waals surface area contributed by atoms with Gasteiger partial charge in [0, 0.05) is 11.1 Å². The summed E-state index contributed by atoms with van der Waals surface area (Å²) in [6, 6.07) is 13.2. The number of carbonyl (C=O) groups is 1.